The number of hydrogen-bond acceptors (Lipinski definition) is 5. The number of nitrogens with one attached hydrogen (secondary N) is 2. The van der Waals surface area contributed by atoms with Gasteiger partial charge in [-0.25, -0.2) is 9.78 Å². The molecule has 5 heterocycles. The van der Waals surface area contributed by atoms with Crippen LogP contribution in [0.15, 0.2) is 24.8 Å². The molecule has 238 valence electrons. The summed E-state index contributed by atoms with van der Waals surface area (Å²) in [6, 6.07) is 5.75. The molecule has 0 aliphatic carbocycles. The summed E-state index contributed by atoms with van der Waals surface area (Å²) in [5, 5.41) is 29.9. The molecule has 0 fully saturated rings. The predicted molar refractivity (Wildman–Crippen MR) is 177 cm³/mol. The van der Waals surface area contributed by atoms with Gasteiger partial charge in [-0.05, 0) is 74.1 Å². The fourth-order valence-electron chi connectivity index (χ4n) is 6.53. The molecule has 2 atom stereocenters. The molecule has 0 saturated heterocycles. The fourth-order valence-corrected chi connectivity index (χ4v) is 6.53. The average Bonchev–Trinajstić information content (AvgIpc) is 3.63. The van der Waals surface area contributed by atoms with E-state index < -0.39 is 30.2 Å². The quantitative estimate of drug-likeness (QED) is 0.182. The molecule has 0 saturated carbocycles. The number of rotatable bonds is 8. The van der Waals surface area contributed by atoms with Crippen LogP contribution in [-0.2, 0) is 44.3 Å². The van der Waals surface area contributed by atoms with Crippen molar-refractivity contribution in [2.24, 2.45) is 0 Å². The summed E-state index contributed by atoms with van der Waals surface area (Å²) in [5.41, 5.74) is 9.23. The zero-order valence-corrected chi connectivity index (χ0v) is 26.9. The van der Waals surface area contributed by atoms with Crippen molar-refractivity contribution in [1.82, 2.24) is 19.9 Å². The number of fused-ring (bicyclic) bond motifs is 8. The normalized spacial score (nSPS) is 15.6. The molecule has 0 radical (unpaired) electrons. The van der Waals surface area contributed by atoms with Crippen molar-refractivity contribution >= 4 is 109 Å². The third-order valence-electron chi connectivity index (χ3n) is 8.94. The summed E-state index contributed by atoms with van der Waals surface area (Å²) in [5.74, 6) is -4.13. The molecule has 0 unspecified atom stereocenters. The summed E-state index contributed by atoms with van der Waals surface area (Å²) in [6.45, 7) is 13.7. The third-order valence-corrected chi connectivity index (χ3v) is 8.94. The van der Waals surface area contributed by atoms with Crippen LogP contribution in [0.4, 0.5) is 0 Å². The van der Waals surface area contributed by atoms with Gasteiger partial charge in [-0.15, -0.1) is 0 Å². The van der Waals surface area contributed by atoms with Crippen LogP contribution in [0.2, 0.25) is 0 Å². The van der Waals surface area contributed by atoms with Crippen molar-refractivity contribution < 1.29 is 46.8 Å². The minimum absolute atomic E-state index is 0. The number of carbonyl (C=O) groups is 3. The van der Waals surface area contributed by atoms with Gasteiger partial charge in [0, 0.05) is 74.2 Å². The monoisotopic (exact) mass is 692 g/mol. The van der Waals surface area contributed by atoms with Gasteiger partial charge in [0.25, 0.3) is 0 Å². The van der Waals surface area contributed by atoms with Crippen molar-refractivity contribution in [3.8, 4) is 0 Å². The van der Waals surface area contributed by atoms with Gasteiger partial charge in [-0.2, -0.15) is 0 Å². The molecule has 10 nitrogen and oxygen atoms in total. The van der Waals surface area contributed by atoms with Gasteiger partial charge in [0.15, 0.2) is 0 Å². The van der Waals surface area contributed by atoms with E-state index >= 15 is 0 Å². The van der Waals surface area contributed by atoms with Crippen LogP contribution in [0.1, 0.15) is 96.0 Å². The summed E-state index contributed by atoms with van der Waals surface area (Å²) < 4.78 is 0. The molecule has 0 aromatic carbocycles. The first-order valence-electron chi connectivity index (χ1n) is 14.6. The Hall–Kier alpha value is -2.83. The predicted octanol–water partition coefficient (Wildman–Crippen LogP) is 5.88. The van der Waals surface area contributed by atoms with Crippen molar-refractivity contribution in [2.45, 2.75) is 72.1 Å². The fraction of sp³-hybridized carbons (Fsp3) is 0.324. The SMILES string of the molecule is C=Cc1c(C)c2cc3nc(c(CC(=O)O)c4nc(cc5[nH]c(cc1[nH]2)c(C)c5CC)C(C)=C4C(=O)O)[C@@H](CCC(=O)O)[C@@H]3C.[Fe].[KH]. The zero-order valence-electron chi connectivity index (χ0n) is 25.8. The Morgan fingerprint density at radius 3 is 2.15 bits per heavy atom. The second-order valence-electron chi connectivity index (χ2n) is 11.5. The minimum atomic E-state index is -1.23. The van der Waals surface area contributed by atoms with E-state index in [-0.39, 0.29) is 104 Å². The Morgan fingerprint density at radius 2 is 1.57 bits per heavy atom. The zero-order chi connectivity index (χ0) is 32.0. The third kappa shape index (κ3) is 6.89. The number of allylic oxidation sites excluding steroid dienone is 1. The number of aromatic nitrogens is 4. The van der Waals surface area contributed by atoms with Crippen LogP contribution in [0.3, 0.4) is 0 Å². The standard InChI is InChI=1S/C34H36N4O6.Fe.K.H/c1-7-19-15(3)23-12-25-17(5)21(9-10-29(39)40)32(37-25)22(11-30(41)42)33-31(34(43)44)18(6)26(38-33)14-28-20(8-2)16(4)24(36-28)13-27(19)35-23;;;/h7,12-14,17,21,35-36H,1,8-11H2,2-6H3,(H,39,40)(H,41,42)(H,43,44);;;/t17-,21-;;;/m0.../s1. The Labute approximate surface area is 319 Å². The van der Waals surface area contributed by atoms with Gasteiger partial charge >= 0.3 is 69.3 Å². The Balaban J connectivity index is 0.00000288. The Morgan fingerprint density at radius 1 is 0.913 bits per heavy atom. The Bertz CT molecular complexity index is 1960. The first-order valence-corrected chi connectivity index (χ1v) is 14.6. The molecule has 0 amide bonds. The molecule has 0 spiro atoms. The van der Waals surface area contributed by atoms with Crippen molar-refractivity contribution in [3.05, 3.63) is 75.4 Å². The van der Waals surface area contributed by atoms with Gasteiger partial charge in [-0.3, -0.25) is 14.6 Å². The van der Waals surface area contributed by atoms with Crippen molar-refractivity contribution in [2.75, 3.05) is 0 Å². The van der Waals surface area contributed by atoms with E-state index in [2.05, 4.69) is 16.5 Å². The molecule has 5 rings (SSSR count). The number of aromatic amines is 2. The summed E-state index contributed by atoms with van der Waals surface area (Å²) in [4.78, 5) is 53.2. The van der Waals surface area contributed by atoms with Crippen LogP contribution < -0.4 is 0 Å². The second kappa shape index (κ2) is 14.9. The molecule has 8 bridgehead atoms. The molecule has 3 aromatic rings. The number of nitrogens with zero attached hydrogens (tertiary/aromatic N) is 2. The van der Waals surface area contributed by atoms with Gasteiger partial charge in [0.1, 0.15) is 0 Å². The number of aliphatic carboxylic acids is 3. The Kier molecular flexibility index (Phi) is 12.2. The number of aryl methyl sites for hydroxylation is 3. The van der Waals surface area contributed by atoms with E-state index in [9.17, 15) is 29.7 Å². The first kappa shape index (κ1) is 37.6. The van der Waals surface area contributed by atoms with Gasteiger partial charge < -0.3 is 25.3 Å². The summed E-state index contributed by atoms with van der Waals surface area (Å²) in [6.07, 6.45) is 2.03. The topological polar surface area (TPSA) is 169 Å². The molecule has 12 heteroatoms. The number of carboxylic acids is 3. The summed E-state index contributed by atoms with van der Waals surface area (Å²) in [7, 11) is 0. The van der Waals surface area contributed by atoms with Gasteiger partial charge in [0.2, 0.25) is 0 Å². The van der Waals surface area contributed by atoms with E-state index in [4.69, 9.17) is 9.97 Å². The molecule has 2 aliphatic heterocycles. The molecule has 5 N–H and O–H groups in total. The van der Waals surface area contributed by atoms with Crippen LogP contribution >= 0.6 is 0 Å². The van der Waals surface area contributed by atoms with Gasteiger partial charge in [0.05, 0.1) is 29.1 Å². The van der Waals surface area contributed by atoms with E-state index in [1.165, 1.54) is 0 Å². The van der Waals surface area contributed by atoms with E-state index in [1.54, 1.807) is 13.0 Å². The molecular formula is C34H37FeKN4O6. The second-order valence-corrected chi connectivity index (χ2v) is 11.5. The molecule has 2 aliphatic rings. The van der Waals surface area contributed by atoms with E-state index in [1.807, 2.05) is 45.9 Å². The number of H-pyrrole nitrogens is 2. The molecule has 46 heavy (non-hydrogen) atoms. The van der Waals surface area contributed by atoms with E-state index in [0.717, 1.165) is 44.3 Å². The van der Waals surface area contributed by atoms with Crippen molar-refractivity contribution in [1.29, 1.82) is 0 Å². The maximum absolute atomic E-state index is 12.7. The maximum atomic E-state index is 12.7. The molecular weight excluding hydrogens is 655 g/mol. The summed E-state index contributed by atoms with van der Waals surface area (Å²) >= 11 is 0. The molecule has 3 aromatic heterocycles. The van der Waals surface area contributed by atoms with Crippen LogP contribution in [0, 0.1) is 13.8 Å². The van der Waals surface area contributed by atoms with Crippen LogP contribution in [-0.4, -0.2) is 105 Å². The van der Waals surface area contributed by atoms with Crippen LogP contribution in [0.5, 0.6) is 0 Å². The number of carboxylic acid groups (broad SMARTS) is 3. The average molecular weight is 693 g/mol. The van der Waals surface area contributed by atoms with Gasteiger partial charge in [-0.1, -0.05) is 26.5 Å². The van der Waals surface area contributed by atoms with E-state index in [0.29, 0.717) is 29.1 Å². The van der Waals surface area contributed by atoms with Crippen molar-refractivity contribution in [3.63, 3.8) is 0 Å². The number of hydrogen-bond donors (Lipinski definition) is 5. The first-order chi connectivity index (χ1) is 20.9. The van der Waals surface area contributed by atoms with Crippen LogP contribution in [0.25, 0.3) is 39.3 Å².